The average molecular weight is 423 g/mol. The van der Waals surface area contributed by atoms with Gasteiger partial charge in [0, 0.05) is 16.0 Å². The Bertz CT molecular complexity index is 978. The Balaban J connectivity index is 1.73. The second kappa shape index (κ2) is 9.54. The lowest BCUT2D eigenvalue weighted by Gasteiger charge is -2.35. The van der Waals surface area contributed by atoms with Gasteiger partial charge in [0.25, 0.3) is 5.91 Å². The van der Waals surface area contributed by atoms with Crippen LogP contribution in [-0.2, 0) is 6.42 Å². The number of nitrogens with one attached hydrogen (secondary N) is 1. The van der Waals surface area contributed by atoms with Crippen molar-refractivity contribution in [3.8, 4) is 0 Å². The molecule has 2 heterocycles. The first-order valence-corrected chi connectivity index (χ1v) is 11.5. The van der Waals surface area contributed by atoms with E-state index in [4.69, 9.17) is 0 Å². The second-order valence-corrected chi connectivity index (χ2v) is 8.86. The summed E-state index contributed by atoms with van der Waals surface area (Å²) in [5, 5.41) is 4.05. The molecule has 1 N–H and O–H groups in total. The lowest BCUT2D eigenvalue weighted by Crippen LogP contribution is -2.34. The van der Waals surface area contributed by atoms with Crippen LogP contribution in [0.2, 0.25) is 0 Å². The number of anilines is 1. The number of benzene rings is 2. The molecule has 1 aliphatic heterocycles. The molecule has 1 amide bonds. The number of halogens is 1. The minimum atomic E-state index is -0.228. The van der Waals surface area contributed by atoms with Crippen LogP contribution in [0.3, 0.4) is 0 Å². The zero-order chi connectivity index (χ0) is 20.9. The fourth-order valence-corrected chi connectivity index (χ4v) is 5.13. The van der Waals surface area contributed by atoms with Crippen LogP contribution in [0.1, 0.15) is 58.6 Å². The van der Waals surface area contributed by atoms with Crippen molar-refractivity contribution in [1.29, 1.82) is 0 Å². The molecule has 30 heavy (non-hydrogen) atoms. The van der Waals surface area contributed by atoms with E-state index in [0.717, 1.165) is 48.5 Å². The first-order valence-electron chi connectivity index (χ1n) is 10.6. The molecule has 1 aromatic heterocycles. The Kier molecular flexibility index (Phi) is 6.60. The van der Waals surface area contributed by atoms with Crippen LogP contribution < -0.4 is 5.32 Å². The zero-order valence-corrected chi connectivity index (χ0v) is 18.1. The van der Waals surface area contributed by atoms with Crippen molar-refractivity contribution < 1.29 is 9.18 Å². The monoisotopic (exact) mass is 422 g/mol. The SMILES string of the molecule is CCc1cc(C(c2ccc(F)cc2)N2CCCCC2)c(NC(=O)c2ccccc2)s1. The van der Waals surface area contributed by atoms with E-state index in [0.29, 0.717) is 5.56 Å². The highest BCUT2D eigenvalue weighted by Crippen LogP contribution is 2.40. The number of carbonyl (C=O) groups is 1. The summed E-state index contributed by atoms with van der Waals surface area (Å²) >= 11 is 1.64. The summed E-state index contributed by atoms with van der Waals surface area (Å²) in [5.41, 5.74) is 2.81. The Labute approximate surface area is 181 Å². The molecule has 1 aliphatic rings. The van der Waals surface area contributed by atoms with Gasteiger partial charge in [-0.1, -0.05) is 43.7 Å². The van der Waals surface area contributed by atoms with E-state index in [1.807, 2.05) is 42.5 Å². The highest BCUT2D eigenvalue weighted by Gasteiger charge is 2.28. The molecule has 0 saturated carbocycles. The topological polar surface area (TPSA) is 32.3 Å². The third-order valence-electron chi connectivity index (χ3n) is 5.66. The average Bonchev–Trinajstić information content (AvgIpc) is 3.19. The van der Waals surface area contributed by atoms with Gasteiger partial charge in [-0.3, -0.25) is 9.69 Å². The number of rotatable bonds is 6. The predicted molar refractivity (Wildman–Crippen MR) is 122 cm³/mol. The minimum Gasteiger partial charge on any atom is -0.313 e. The normalized spacial score (nSPS) is 15.7. The lowest BCUT2D eigenvalue weighted by atomic mass is 9.95. The maximum Gasteiger partial charge on any atom is 0.256 e. The van der Waals surface area contributed by atoms with Crippen molar-refractivity contribution in [1.82, 2.24) is 4.90 Å². The van der Waals surface area contributed by atoms with Crippen LogP contribution >= 0.6 is 11.3 Å². The number of hydrogen-bond donors (Lipinski definition) is 1. The highest BCUT2D eigenvalue weighted by molar-refractivity contribution is 7.16. The number of likely N-dealkylation sites (tertiary alicyclic amines) is 1. The molecule has 156 valence electrons. The lowest BCUT2D eigenvalue weighted by molar-refractivity contribution is 0.102. The van der Waals surface area contributed by atoms with Gasteiger partial charge in [-0.25, -0.2) is 4.39 Å². The summed E-state index contributed by atoms with van der Waals surface area (Å²) in [6.07, 6.45) is 4.48. The van der Waals surface area contributed by atoms with Crippen molar-refractivity contribution >= 4 is 22.2 Å². The molecule has 0 spiro atoms. The van der Waals surface area contributed by atoms with Gasteiger partial charge in [0.2, 0.25) is 0 Å². The molecule has 0 bridgehead atoms. The van der Waals surface area contributed by atoms with Gasteiger partial charge in [0.15, 0.2) is 0 Å². The summed E-state index contributed by atoms with van der Waals surface area (Å²) in [7, 11) is 0. The third kappa shape index (κ3) is 4.63. The molecule has 1 unspecified atom stereocenters. The number of aryl methyl sites for hydroxylation is 1. The molecule has 1 atom stereocenters. The second-order valence-electron chi connectivity index (χ2n) is 7.72. The van der Waals surface area contributed by atoms with Gasteiger partial charge in [-0.05, 0) is 68.2 Å². The maximum absolute atomic E-state index is 13.6. The molecule has 0 aliphatic carbocycles. The van der Waals surface area contributed by atoms with Gasteiger partial charge in [0.1, 0.15) is 10.8 Å². The number of carbonyl (C=O) groups excluding carboxylic acids is 1. The first kappa shape index (κ1) is 20.8. The minimum absolute atomic E-state index is 0.00789. The first-order chi connectivity index (χ1) is 14.7. The number of hydrogen-bond acceptors (Lipinski definition) is 3. The third-order valence-corrected chi connectivity index (χ3v) is 6.87. The van der Waals surface area contributed by atoms with Crippen molar-refractivity contribution in [3.05, 3.63) is 88.0 Å². The van der Waals surface area contributed by atoms with Gasteiger partial charge < -0.3 is 5.32 Å². The molecule has 1 fully saturated rings. The number of thiophene rings is 1. The highest BCUT2D eigenvalue weighted by atomic mass is 32.1. The van der Waals surface area contributed by atoms with E-state index in [1.54, 1.807) is 11.3 Å². The molecular formula is C25H27FN2OS. The molecular weight excluding hydrogens is 395 g/mol. The van der Waals surface area contributed by atoms with Crippen LogP contribution in [-0.4, -0.2) is 23.9 Å². The molecule has 4 rings (SSSR count). The van der Waals surface area contributed by atoms with E-state index in [1.165, 1.54) is 23.4 Å². The largest absolute Gasteiger partial charge is 0.313 e. The van der Waals surface area contributed by atoms with E-state index >= 15 is 0 Å². The Morgan fingerprint density at radius 1 is 1.07 bits per heavy atom. The fourth-order valence-electron chi connectivity index (χ4n) is 4.11. The van der Waals surface area contributed by atoms with Crippen LogP contribution in [0.25, 0.3) is 0 Å². The Morgan fingerprint density at radius 3 is 2.43 bits per heavy atom. The van der Waals surface area contributed by atoms with Gasteiger partial charge in [-0.15, -0.1) is 11.3 Å². The number of nitrogens with zero attached hydrogens (tertiary/aromatic N) is 1. The van der Waals surface area contributed by atoms with E-state index in [9.17, 15) is 9.18 Å². The van der Waals surface area contributed by atoms with Crippen LogP contribution in [0.15, 0.2) is 60.7 Å². The molecule has 2 aromatic carbocycles. The quantitative estimate of drug-likeness (QED) is 0.507. The molecule has 0 radical (unpaired) electrons. The Hall–Kier alpha value is -2.50. The van der Waals surface area contributed by atoms with E-state index in [-0.39, 0.29) is 17.8 Å². The Morgan fingerprint density at radius 2 is 1.77 bits per heavy atom. The smallest absolute Gasteiger partial charge is 0.256 e. The predicted octanol–water partition coefficient (Wildman–Crippen LogP) is 6.28. The van der Waals surface area contributed by atoms with Crippen molar-refractivity contribution in [3.63, 3.8) is 0 Å². The van der Waals surface area contributed by atoms with Crippen LogP contribution in [0.5, 0.6) is 0 Å². The van der Waals surface area contributed by atoms with Crippen molar-refractivity contribution in [2.75, 3.05) is 18.4 Å². The van der Waals surface area contributed by atoms with Crippen molar-refractivity contribution in [2.45, 2.75) is 38.6 Å². The maximum atomic E-state index is 13.6. The van der Waals surface area contributed by atoms with Gasteiger partial charge >= 0.3 is 0 Å². The zero-order valence-electron chi connectivity index (χ0n) is 17.2. The van der Waals surface area contributed by atoms with Crippen LogP contribution in [0, 0.1) is 5.82 Å². The fraction of sp³-hybridized carbons (Fsp3) is 0.320. The van der Waals surface area contributed by atoms with Crippen molar-refractivity contribution in [2.24, 2.45) is 0 Å². The van der Waals surface area contributed by atoms with Gasteiger partial charge in [-0.2, -0.15) is 0 Å². The number of piperidine rings is 1. The summed E-state index contributed by atoms with van der Waals surface area (Å²) < 4.78 is 13.6. The molecule has 3 nitrogen and oxygen atoms in total. The summed E-state index contributed by atoms with van der Waals surface area (Å²) in [4.78, 5) is 16.6. The van der Waals surface area contributed by atoms with Gasteiger partial charge in [0.05, 0.1) is 6.04 Å². The van der Waals surface area contributed by atoms with Crippen LogP contribution in [0.4, 0.5) is 9.39 Å². The molecule has 3 aromatic rings. The van der Waals surface area contributed by atoms with E-state index < -0.39 is 0 Å². The summed E-state index contributed by atoms with van der Waals surface area (Å²) in [6.45, 7) is 4.14. The van der Waals surface area contributed by atoms with E-state index in [2.05, 4.69) is 23.2 Å². The number of amides is 1. The summed E-state index contributed by atoms with van der Waals surface area (Å²) in [6, 6.07) is 18.3. The standard InChI is InChI=1S/C25H27FN2OS/c1-2-21-17-22(25(30-21)27-24(29)19-9-5-3-6-10-19)23(28-15-7-4-8-16-28)18-11-13-20(26)14-12-18/h3,5-6,9-14,17,23H,2,4,7-8,15-16H2,1H3,(H,27,29). The molecule has 5 heteroatoms. The molecule has 1 saturated heterocycles. The summed E-state index contributed by atoms with van der Waals surface area (Å²) in [5.74, 6) is -0.328.